The van der Waals surface area contributed by atoms with Gasteiger partial charge in [0.05, 0.1) is 13.2 Å². The number of benzene rings is 1. The van der Waals surface area contributed by atoms with Crippen LogP contribution in [-0.2, 0) is 29.8 Å². The zero-order chi connectivity index (χ0) is 26.6. The molecule has 3 heterocycles. The maximum Gasteiger partial charge on any atom is 0.332 e. The van der Waals surface area contributed by atoms with Crippen LogP contribution in [0.5, 0.6) is 0 Å². The summed E-state index contributed by atoms with van der Waals surface area (Å²) in [5, 5.41) is 0. The average molecular weight is 532 g/mol. The van der Waals surface area contributed by atoms with E-state index < -0.39 is 0 Å². The molecule has 1 aliphatic heterocycles. The molecule has 8 nitrogen and oxygen atoms in total. The minimum absolute atomic E-state index is 0.0288. The summed E-state index contributed by atoms with van der Waals surface area (Å²) in [4.78, 5) is 35.6. The number of hydrogen-bond acceptors (Lipinski definition) is 5. The van der Waals surface area contributed by atoms with Crippen LogP contribution in [0.4, 0.5) is 0 Å². The number of hydrogen-bond donors (Lipinski definition) is 0. The van der Waals surface area contributed by atoms with Gasteiger partial charge in [0, 0.05) is 44.7 Å². The van der Waals surface area contributed by atoms with E-state index in [4.69, 9.17) is 9.72 Å². The number of aromatic nitrogens is 4. The first kappa shape index (κ1) is 25.3. The summed E-state index contributed by atoms with van der Waals surface area (Å²) in [5.74, 6) is 3.42. The van der Waals surface area contributed by atoms with Gasteiger partial charge in [-0.15, -0.1) is 0 Å². The van der Waals surface area contributed by atoms with Crippen LogP contribution in [0.15, 0.2) is 39.9 Å². The molecule has 1 saturated heterocycles. The molecular formula is C31H41N5O3. The van der Waals surface area contributed by atoms with Crippen molar-refractivity contribution in [1.82, 2.24) is 23.6 Å². The van der Waals surface area contributed by atoms with Crippen LogP contribution < -0.4 is 11.2 Å². The highest BCUT2D eigenvalue weighted by Gasteiger charge is 2.58. The van der Waals surface area contributed by atoms with Crippen molar-refractivity contribution in [3.05, 3.63) is 62.6 Å². The van der Waals surface area contributed by atoms with Crippen molar-refractivity contribution < 1.29 is 4.74 Å². The largest absolute Gasteiger partial charge is 0.379 e. The normalized spacial score (nSPS) is 28.2. The Morgan fingerprint density at radius 1 is 0.923 bits per heavy atom. The van der Waals surface area contributed by atoms with E-state index in [1.807, 2.05) is 17.6 Å². The van der Waals surface area contributed by atoms with Crippen molar-refractivity contribution in [3.63, 3.8) is 0 Å². The van der Waals surface area contributed by atoms with Gasteiger partial charge >= 0.3 is 5.69 Å². The second kappa shape index (κ2) is 10.0. The first-order valence-corrected chi connectivity index (χ1v) is 15.1. The van der Waals surface area contributed by atoms with Crippen LogP contribution in [0.2, 0.25) is 0 Å². The molecule has 0 amide bonds. The summed E-state index contributed by atoms with van der Waals surface area (Å²) in [6.45, 7) is 7.95. The Morgan fingerprint density at radius 3 is 2.36 bits per heavy atom. The van der Waals surface area contributed by atoms with Gasteiger partial charge in [0.25, 0.3) is 5.56 Å². The van der Waals surface area contributed by atoms with E-state index in [9.17, 15) is 9.59 Å². The van der Waals surface area contributed by atoms with Crippen LogP contribution in [-0.4, -0.2) is 56.4 Å². The number of imidazole rings is 1. The number of ether oxygens (including phenoxy) is 1. The van der Waals surface area contributed by atoms with E-state index >= 15 is 0 Å². The Balaban J connectivity index is 1.36. The van der Waals surface area contributed by atoms with Crippen molar-refractivity contribution in [2.45, 2.75) is 76.9 Å². The molecule has 1 aromatic carbocycles. The molecule has 0 spiro atoms. The molecule has 0 radical (unpaired) electrons. The first-order chi connectivity index (χ1) is 19.1. The van der Waals surface area contributed by atoms with Crippen LogP contribution in [0, 0.1) is 17.8 Å². The lowest BCUT2D eigenvalue weighted by molar-refractivity contribution is 0.0369. The maximum atomic E-state index is 14.1. The molecule has 2 atom stereocenters. The second-order valence-corrected chi connectivity index (χ2v) is 12.6. The molecular weight excluding hydrogens is 490 g/mol. The van der Waals surface area contributed by atoms with Gasteiger partial charge in [-0.2, -0.15) is 0 Å². The van der Waals surface area contributed by atoms with Gasteiger partial charge in [0.15, 0.2) is 11.2 Å². The van der Waals surface area contributed by atoms with Gasteiger partial charge in [0.2, 0.25) is 0 Å². The molecule has 4 saturated carbocycles. The highest BCUT2D eigenvalue weighted by atomic mass is 16.5. The highest BCUT2D eigenvalue weighted by Crippen LogP contribution is 2.64. The summed E-state index contributed by atoms with van der Waals surface area (Å²) in [6.07, 6.45) is 7.83. The minimum Gasteiger partial charge on any atom is -0.379 e. The smallest absolute Gasteiger partial charge is 0.332 e. The van der Waals surface area contributed by atoms with Gasteiger partial charge in [-0.25, -0.2) is 9.78 Å². The topological polar surface area (TPSA) is 74.3 Å². The minimum atomic E-state index is -0.208. The summed E-state index contributed by atoms with van der Waals surface area (Å²) >= 11 is 0. The van der Waals surface area contributed by atoms with Crippen molar-refractivity contribution in [1.29, 1.82) is 0 Å². The van der Waals surface area contributed by atoms with Gasteiger partial charge in [-0.3, -0.25) is 18.8 Å². The SMILES string of the molecule is CCCn1c(=O)c2c(nc(C34CC5CC(C3)C(C5)C4)n2Cc2ccccc2)n(CCCN2CCOCC2)c1=O. The molecule has 0 N–H and O–H groups in total. The zero-order valence-corrected chi connectivity index (χ0v) is 23.2. The third-order valence-electron chi connectivity index (χ3n) is 10.1. The number of rotatable bonds is 9. The predicted octanol–water partition coefficient (Wildman–Crippen LogP) is 3.62. The number of nitrogens with zero attached hydrogens (tertiary/aromatic N) is 5. The number of morpholine rings is 1. The van der Waals surface area contributed by atoms with E-state index in [0.717, 1.165) is 74.8 Å². The monoisotopic (exact) mass is 531 g/mol. The molecule has 208 valence electrons. The molecule has 4 aliphatic carbocycles. The van der Waals surface area contributed by atoms with Gasteiger partial charge in [-0.05, 0) is 68.3 Å². The third kappa shape index (κ3) is 4.31. The Kier molecular flexibility index (Phi) is 6.51. The molecule has 3 aromatic rings. The van der Waals surface area contributed by atoms with E-state index in [-0.39, 0.29) is 16.7 Å². The molecule has 2 unspecified atom stereocenters. The Bertz CT molecular complexity index is 1450. The quantitative estimate of drug-likeness (QED) is 0.422. The van der Waals surface area contributed by atoms with E-state index in [1.54, 1.807) is 0 Å². The molecule has 39 heavy (non-hydrogen) atoms. The number of fused-ring (bicyclic) bond motifs is 1. The standard InChI is InChI=1S/C31H41N5O3/c1-2-9-35-28(37)26-27(34(30(35)38)11-6-10-33-12-14-39-15-13-33)32-29(36(26)21-22-7-4-3-5-8-22)31-18-23-16-24(19-31)25(17-23)20-31/h3-5,7-8,23-25H,2,6,9-21H2,1H3. The van der Waals surface area contributed by atoms with Gasteiger partial charge in [0.1, 0.15) is 5.82 Å². The lowest BCUT2D eigenvalue weighted by atomic mass is 9.69. The Labute approximate surface area is 229 Å². The Morgan fingerprint density at radius 2 is 1.67 bits per heavy atom. The van der Waals surface area contributed by atoms with Crippen LogP contribution in [0.3, 0.4) is 0 Å². The molecule has 2 aromatic heterocycles. The fourth-order valence-corrected chi connectivity index (χ4v) is 8.60. The molecule has 4 bridgehead atoms. The fraction of sp³-hybridized carbons (Fsp3) is 0.645. The van der Waals surface area contributed by atoms with Crippen LogP contribution >= 0.6 is 0 Å². The van der Waals surface area contributed by atoms with Crippen molar-refractivity contribution in [3.8, 4) is 0 Å². The van der Waals surface area contributed by atoms with E-state index in [1.165, 1.54) is 36.7 Å². The second-order valence-electron chi connectivity index (χ2n) is 12.6. The summed E-state index contributed by atoms with van der Waals surface area (Å²) in [5.41, 5.74) is 2.02. The lowest BCUT2D eigenvalue weighted by Crippen LogP contribution is -2.41. The first-order valence-electron chi connectivity index (χ1n) is 15.1. The van der Waals surface area contributed by atoms with Gasteiger partial charge < -0.3 is 9.30 Å². The van der Waals surface area contributed by atoms with Gasteiger partial charge in [-0.1, -0.05) is 37.3 Å². The zero-order valence-electron chi connectivity index (χ0n) is 23.2. The van der Waals surface area contributed by atoms with Crippen LogP contribution in [0.1, 0.15) is 63.3 Å². The van der Waals surface area contributed by atoms with E-state index in [0.29, 0.717) is 30.8 Å². The lowest BCUT2D eigenvalue weighted by Gasteiger charge is -2.38. The fourth-order valence-electron chi connectivity index (χ4n) is 8.60. The summed E-state index contributed by atoms with van der Waals surface area (Å²) < 4.78 is 11.0. The van der Waals surface area contributed by atoms with Crippen molar-refractivity contribution in [2.75, 3.05) is 32.8 Å². The molecule has 8 heteroatoms. The summed E-state index contributed by atoms with van der Waals surface area (Å²) in [7, 11) is 0. The van der Waals surface area contributed by atoms with Crippen molar-refractivity contribution in [2.24, 2.45) is 17.8 Å². The summed E-state index contributed by atoms with van der Waals surface area (Å²) in [6, 6.07) is 10.4. The van der Waals surface area contributed by atoms with Crippen LogP contribution in [0.25, 0.3) is 11.2 Å². The average Bonchev–Trinajstić information content (AvgIpc) is 3.55. The maximum absolute atomic E-state index is 14.1. The molecule has 5 aliphatic rings. The molecule has 8 rings (SSSR count). The number of aryl methyl sites for hydroxylation is 1. The third-order valence-corrected chi connectivity index (χ3v) is 10.1. The molecule has 5 fully saturated rings. The predicted molar refractivity (Wildman–Crippen MR) is 151 cm³/mol. The van der Waals surface area contributed by atoms with E-state index in [2.05, 4.69) is 33.7 Å². The Hall–Kier alpha value is -2.71. The van der Waals surface area contributed by atoms with Crippen molar-refractivity contribution >= 4 is 11.2 Å². The highest BCUT2D eigenvalue weighted by molar-refractivity contribution is 5.72.